The molecule has 0 radical (unpaired) electrons. The van der Waals surface area contributed by atoms with Crippen molar-refractivity contribution in [3.05, 3.63) is 64.4 Å². The molecule has 0 amide bonds. The van der Waals surface area contributed by atoms with Gasteiger partial charge in [-0.15, -0.1) is 0 Å². The van der Waals surface area contributed by atoms with Crippen molar-refractivity contribution < 1.29 is 0 Å². The van der Waals surface area contributed by atoms with E-state index in [9.17, 15) is 0 Å². The maximum absolute atomic E-state index is 5.70. The Morgan fingerprint density at radius 3 is 2.47 bits per heavy atom. The van der Waals surface area contributed by atoms with E-state index in [4.69, 9.17) is 5.73 Å². The van der Waals surface area contributed by atoms with Gasteiger partial charge in [0.05, 0.1) is 0 Å². The first-order valence-electron chi connectivity index (χ1n) is 5.67. The van der Waals surface area contributed by atoms with Crippen LogP contribution in [0.2, 0.25) is 0 Å². The van der Waals surface area contributed by atoms with Crippen molar-refractivity contribution in [3.63, 3.8) is 0 Å². The van der Waals surface area contributed by atoms with Crippen LogP contribution < -0.4 is 5.73 Å². The summed E-state index contributed by atoms with van der Waals surface area (Å²) < 4.78 is 1.09. The Labute approximate surface area is 110 Å². The molecule has 0 aliphatic carbocycles. The van der Waals surface area contributed by atoms with Gasteiger partial charge in [0.2, 0.25) is 0 Å². The van der Waals surface area contributed by atoms with Crippen LogP contribution in [0.15, 0.2) is 53.1 Å². The van der Waals surface area contributed by atoms with Gasteiger partial charge in [-0.25, -0.2) is 0 Å². The molecule has 0 bridgehead atoms. The van der Waals surface area contributed by atoms with E-state index in [1.54, 1.807) is 0 Å². The van der Waals surface area contributed by atoms with Crippen LogP contribution in [0.3, 0.4) is 0 Å². The summed E-state index contributed by atoms with van der Waals surface area (Å²) in [6, 6.07) is 14.4. The molecule has 0 aliphatic heterocycles. The minimum absolute atomic E-state index is 0.286. The van der Waals surface area contributed by atoms with Crippen LogP contribution in [0, 0.1) is 0 Å². The molecule has 0 saturated carbocycles. The summed E-state index contributed by atoms with van der Waals surface area (Å²) in [6.07, 6.45) is 2.75. The molecule has 0 spiro atoms. The zero-order valence-electron chi connectivity index (χ0n) is 9.51. The lowest BCUT2D eigenvalue weighted by Crippen LogP contribution is -2.10. The molecule has 0 fully saturated rings. The SMILES string of the molecule is NCCC(c1ccc(Br)cc1)c1ccccn1. The summed E-state index contributed by atoms with van der Waals surface area (Å²) in [5.41, 5.74) is 8.04. The predicted molar refractivity (Wildman–Crippen MR) is 73.9 cm³/mol. The number of halogens is 1. The monoisotopic (exact) mass is 290 g/mol. The fraction of sp³-hybridized carbons (Fsp3) is 0.214. The number of hydrogen-bond acceptors (Lipinski definition) is 2. The van der Waals surface area contributed by atoms with Crippen molar-refractivity contribution in [3.8, 4) is 0 Å². The van der Waals surface area contributed by atoms with Gasteiger partial charge in [-0.2, -0.15) is 0 Å². The summed E-state index contributed by atoms with van der Waals surface area (Å²) in [5.74, 6) is 0.286. The Hall–Kier alpha value is -1.19. The molecule has 1 aromatic carbocycles. The first kappa shape index (κ1) is 12.3. The van der Waals surface area contributed by atoms with Crippen LogP contribution in [0.1, 0.15) is 23.6 Å². The summed E-state index contributed by atoms with van der Waals surface area (Å²) in [5, 5.41) is 0. The highest BCUT2D eigenvalue weighted by molar-refractivity contribution is 9.10. The molecule has 1 unspecified atom stereocenters. The lowest BCUT2D eigenvalue weighted by Gasteiger charge is -2.16. The van der Waals surface area contributed by atoms with E-state index in [-0.39, 0.29) is 5.92 Å². The van der Waals surface area contributed by atoms with Crippen molar-refractivity contribution >= 4 is 15.9 Å². The third-order valence-corrected chi connectivity index (χ3v) is 3.30. The van der Waals surface area contributed by atoms with Crippen molar-refractivity contribution in [2.45, 2.75) is 12.3 Å². The molecule has 2 nitrogen and oxygen atoms in total. The van der Waals surface area contributed by atoms with Gasteiger partial charge < -0.3 is 5.73 Å². The molecular weight excluding hydrogens is 276 g/mol. The van der Waals surface area contributed by atoms with E-state index < -0.39 is 0 Å². The van der Waals surface area contributed by atoms with Crippen molar-refractivity contribution in [2.24, 2.45) is 5.73 Å². The average Bonchev–Trinajstić information content (AvgIpc) is 2.38. The van der Waals surface area contributed by atoms with Crippen molar-refractivity contribution in [1.29, 1.82) is 0 Å². The third kappa shape index (κ3) is 3.14. The second-order valence-corrected chi connectivity index (χ2v) is 4.85. The lowest BCUT2D eigenvalue weighted by molar-refractivity contribution is 0.705. The van der Waals surface area contributed by atoms with Crippen LogP contribution in [0.25, 0.3) is 0 Å². The Kier molecular flexibility index (Phi) is 4.29. The third-order valence-electron chi connectivity index (χ3n) is 2.77. The number of aromatic nitrogens is 1. The second kappa shape index (κ2) is 5.94. The van der Waals surface area contributed by atoms with Gasteiger partial charge in [-0.3, -0.25) is 4.98 Å². The standard InChI is InChI=1S/C14H15BrN2/c15-12-6-4-11(5-7-12)13(8-9-16)14-3-1-2-10-17-14/h1-7,10,13H,8-9,16H2. The Bertz CT molecular complexity index is 453. The molecule has 2 aromatic rings. The van der Waals surface area contributed by atoms with Crippen molar-refractivity contribution in [1.82, 2.24) is 4.98 Å². The van der Waals surface area contributed by atoms with E-state index in [1.165, 1.54) is 5.56 Å². The van der Waals surface area contributed by atoms with Crippen LogP contribution in [-0.4, -0.2) is 11.5 Å². The maximum Gasteiger partial charge on any atom is 0.0478 e. The van der Waals surface area contributed by atoms with E-state index in [2.05, 4.69) is 51.2 Å². The average molecular weight is 291 g/mol. The van der Waals surface area contributed by atoms with Crippen LogP contribution in [0.5, 0.6) is 0 Å². The number of nitrogens with zero attached hydrogens (tertiary/aromatic N) is 1. The number of benzene rings is 1. The first-order valence-corrected chi connectivity index (χ1v) is 6.47. The molecule has 88 valence electrons. The van der Waals surface area contributed by atoms with E-state index in [1.807, 2.05) is 18.3 Å². The molecule has 2 N–H and O–H groups in total. The first-order chi connectivity index (χ1) is 8.31. The highest BCUT2D eigenvalue weighted by Gasteiger charge is 2.13. The second-order valence-electron chi connectivity index (χ2n) is 3.94. The quantitative estimate of drug-likeness (QED) is 0.938. The number of hydrogen-bond donors (Lipinski definition) is 1. The Balaban J connectivity index is 2.32. The molecule has 3 heteroatoms. The van der Waals surface area contributed by atoms with Gasteiger partial charge in [0.1, 0.15) is 0 Å². The van der Waals surface area contributed by atoms with Gasteiger partial charge in [-0.05, 0) is 42.8 Å². The molecule has 17 heavy (non-hydrogen) atoms. The van der Waals surface area contributed by atoms with Crippen LogP contribution in [0.4, 0.5) is 0 Å². The number of rotatable bonds is 4. The topological polar surface area (TPSA) is 38.9 Å². The fourth-order valence-corrected chi connectivity index (χ4v) is 2.19. The number of nitrogens with two attached hydrogens (primary N) is 1. The molecule has 2 rings (SSSR count). The highest BCUT2D eigenvalue weighted by atomic mass is 79.9. The smallest absolute Gasteiger partial charge is 0.0478 e. The molecule has 0 saturated heterocycles. The van der Waals surface area contributed by atoms with Gasteiger partial charge >= 0.3 is 0 Å². The maximum atomic E-state index is 5.70. The highest BCUT2D eigenvalue weighted by Crippen LogP contribution is 2.26. The zero-order valence-corrected chi connectivity index (χ0v) is 11.1. The minimum atomic E-state index is 0.286. The van der Waals surface area contributed by atoms with Gasteiger partial charge in [0.15, 0.2) is 0 Å². The van der Waals surface area contributed by atoms with Crippen LogP contribution in [-0.2, 0) is 0 Å². The van der Waals surface area contributed by atoms with E-state index in [0.717, 1.165) is 16.6 Å². The fourth-order valence-electron chi connectivity index (χ4n) is 1.93. The molecule has 1 aromatic heterocycles. The van der Waals surface area contributed by atoms with Crippen LogP contribution >= 0.6 is 15.9 Å². The van der Waals surface area contributed by atoms with Gasteiger partial charge in [0.25, 0.3) is 0 Å². The lowest BCUT2D eigenvalue weighted by atomic mass is 9.92. The normalized spacial score (nSPS) is 12.4. The van der Waals surface area contributed by atoms with Gasteiger partial charge in [0, 0.05) is 22.3 Å². The summed E-state index contributed by atoms with van der Waals surface area (Å²) in [6.45, 7) is 0.664. The van der Waals surface area contributed by atoms with Gasteiger partial charge in [-0.1, -0.05) is 34.1 Å². The number of pyridine rings is 1. The zero-order chi connectivity index (χ0) is 12.1. The molecule has 1 atom stereocenters. The molecule has 1 heterocycles. The summed E-state index contributed by atoms with van der Waals surface area (Å²) in [4.78, 5) is 4.43. The van der Waals surface area contributed by atoms with E-state index in [0.29, 0.717) is 6.54 Å². The van der Waals surface area contributed by atoms with E-state index >= 15 is 0 Å². The largest absolute Gasteiger partial charge is 0.330 e. The predicted octanol–water partition coefficient (Wildman–Crippen LogP) is 3.32. The minimum Gasteiger partial charge on any atom is -0.330 e. The summed E-state index contributed by atoms with van der Waals surface area (Å²) in [7, 11) is 0. The molecular formula is C14H15BrN2. The summed E-state index contributed by atoms with van der Waals surface area (Å²) >= 11 is 3.45. The Morgan fingerprint density at radius 1 is 1.12 bits per heavy atom. The Morgan fingerprint density at radius 2 is 1.88 bits per heavy atom. The van der Waals surface area contributed by atoms with Crippen molar-refractivity contribution in [2.75, 3.05) is 6.54 Å². The molecule has 0 aliphatic rings.